The van der Waals surface area contributed by atoms with Gasteiger partial charge in [-0.25, -0.2) is 8.78 Å². The van der Waals surface area contributed by atoms with Crippen molar-refractivity contribution in [1.82, 2.24) is 0 Å². The predicted octanol–water partition coefficient (Wildman–Crippen LogP) is 4.86. The topological polar surface area (TPSA) is 0 Å². The Balaban J connectivity index is 2.21. The van der Waals surface area contributed by atoms with E-state index in [9.17, 15) is 8.78 Å². The molecule has 1 aromatic carbocycles. The molecule has 2 rings (SSSR count). The van der Waals surface area contributed by atoms with E-state index >= 15 is 0 Å². The zero-order chi connectivity index (χ0) is 13.3. The monoisotopic (exact) mass is 270 g/mol. The maximum absolute atomic E-state index is 13.6. The van der Waals surface area contributed by atoms with Gasteiger partial charge in [-0.15, -0.1) is 11.6 Å². The van der Waals surface area contributed by atoms with Gasteiger partial charge in [-0.05, 0) is 36.3 Å². The van der Waals surface area contributed by atoms with E-state index in [1.165, 1.54) is 0 Å². The van der Waals surface area contributed by atoms with Crippen molar-refractivity contribution < 1.29 is 8.78 Å². The first-order chi connectivity index (χ1) is 8.37. The molecule has 0 amide bonds. The Hall–Kier alpha value is -0.890. The number of rotatable bonds is 2. The minimum atomic E-state index is -0.786. The first kappa shape index (κ1) is 13.5. The van der Waals surface area contributed by atoms with Crippen molar-refractivity contribution in [3.05, 3.63) is 47.0 Å². The third kappa shape index (κ3) is 3.11. The van der Waals surface area contributed by atoms with Crippen LogP contribution in [0.1, 0.15) is 32.3 Å². The standard InChI is InChI=1S/C15H17ClF2/c1-15(2)8-10(7-12(16)9-15)6-11-4-3-5-13(17)14(11)18/h3-5,7,12H,6,8-9H2,1-2H3. The highest BCUT2D eigenvalue weighted by Gasteiger charge is 2.27. The van der Waals surface area contributed by atoms with E-state index in [0.717, 1.165) is 24.5 Å². The number of hydrogen-bond acceptors (Lipinski definition) is 0. The summed E-state index contributed by atoms with van der Waals surface area (Å²) in [6.07, 6.45) is 4.23. The molecule has 0 nitrogen and oxygen atoms in total. The smallest absolute Gasteiger partial charge is 0.162 e. The third-order valence-electron chi connectivity index (χ3n) is 3.32. The molecular weight excluding hydrogens is 254 g/mol. The maximum atomic E-state index is 13.6. The lowest BCUT2D eigenvalue weighted by Crippen LogP contribution is -2.23. The summed E-state index contributed by atoms with van der Waals surface area (Å²) < 4.78 is 26.8. The second kappa shape index (κ2) is 5.00. The summed E-state index contributed by atoms with van der Waals surface area (Å²) in [7, 11) is 0. The van der Waals surface area contributed by atoms with Crippen molar-refractivity contribution in [2.24, 2.45) is 5.41 Å². The predicted molar refractivity (Wildman–Crippen MR) is 70.8 cm³/mol. The lowest BCUT2D eigenvalue weighted by molar-refractivity contribution is 0.320. The number of halogens is 3. The van der Waals surface area contributed by atoms with Crippen molar-refractivity contribution in [2.45, 2.75) is 38.5 Å². The lowest BCUT2D eigenvalue weighted by Gasteiger charge is -2.32. The fraction of sp³-hybridized carbons (Fsp3) is 0.467. The molecule has 0 aliphatic heterocycles. The summed E-state index contributed by atoms with van der Waals surface area (Å²) in [6.45, 7) is 4.30. The first-order valence-corrected chi connectivity index (χ1v) is 6.57. The quantitative estimate of drug-likeness (QED) is 0.532. The Morgan fingerprint density at radius 1 is 1.33 bits per heavy atom. The van der Waals surface area contributed by atoms with E-state index in [1.807, 2.05) is 6.08 Å². The third-order valence-corrected chi connectivity index (χ3v) is 3.60. The zero-order valence-electron chi connectivity index (χ0n) is 10.6. The van der Waals surface area contributed by atoms with Crippen LogP contribution in [-0.2, 0) is 6.42 Å². The second-order valence-corrected chi connectivity index (χ2v) is 6.34. The number of benzene rings is 1. The van der Waals surface area contributed by atoms with E-state index in [4.69, 9.17) is 11.6 Å². The molecule has 0 saturated heterocycles. The van der Waals surface area contributed by atoms with E-state index in [0.29, 0.717) is 12.0 Å². The Kier molecular flexibility index (Phi) is 3.76. The van der Waals surface area contributed by atoms with Gasteiger partial charge in [0.05, 0.1) is 5.38 Å². The normalized spacial score (nSPS) is 22.7. The van der Waals surface area contributed by atoms with E-state index < -0.39 is 11.6 Å². The van der Waals surface area contributed by atoms with E-state index in [1.54, 1.807) is 12.1 Å². The molecule has 1 aliphatic carbocycles. The maximum Gasteiger partial charge on any atom is 0.162 e. The van der Waals surface area contributed by atoms with Crippen LogP contribution in [0.5, 0.6) is 0 Å². The summed E-state index contributed by atoms with van der Waals surface area (Å²) in [6, 6.07) is 4.31. The van der Waals surface area contributed by atoms with Crippen LogP contribution < -0.4 is 0 Å². The van der Waals surface area contributed by atoms with Crippen molar-refractivity contribution >= 4 is 11.6 Å². The molecule has 98 valence electrons. The molecule has 18 heavy (non-hydrogen) atoms. The Labute approximate surface area is 112 Å². The highest BCUT2D eigenvalue weighted by Crippen LogP contribution is 2.38. The largest absolute Gasteiger partial charge is 0.204 e. The average molecular weight is 271 g/mol. The van der Waals surface area contributed by atoms with Gasteiger partial charge >= 0.3 is 0 Å². The molecule has 0 spiro atoms. The van der Waals surface area contributed by atoms with Crippen molar-refractivity contribution in [3.63, 3.8) is 0 Å². The minimum Gasteiger partial charge on any atom is -0.204 e. The molecule has 1 unspecified atom stereocenters. The van der Waals surface area contributed by atoms with Gasteiger partial charge < -0.3 is 0 Å². The van der Waals surface area contributed by atoms with Gasteiger partial charge in [0.2, 0.25) is 0 Å². The first-order valence-electron chi connectivity index (χ1n) is 6.14. The van der Waals surface area contributed by atoms with Crippen molar-refractivity contribution in [3.8, 4) is 0 Å². The molecule has 0 fully saturated rings. The number of hydrogen-bond donors (Lipinski definition) is 0. The van der Waals surface area contributed by atoms with Crippen LogP contribution in [0.3, 0.4) is 0 Å². The Bertz CT molecular complexity index is 477. The SMILES string of the molecule is CC1(C)CC(Cc2cccc(F)c2F)=CC(Cl)C1. The Morgan fingerprint density at radius 2 is 2.06 bits per heavy atom. The van der Waals surface area contributed by atoms with Gasteiger partial charge in [0.15, 0.2) is 11.6 Å². The fourth-order valence-corrected chi connectivity index (χ4v) is 3.24. The summed E-state index contributed by atoms with van der Waals surface area (Å²) in [4.78, 5) is 0. The van der Waals surface area contributed by atoms with Crippen LogP contribution in [0.25, 0.3) is 0 Å². The van der Waals surface area contributed by atoms with Gasteiger partial charge in [-0.1, -0.05) is 37.6 Å². The average Bonchev–Trinajstić information content (AvgIpc) is 2.22. The number of alkyl halides is 1. The van der Waals surface area contributed by atoms with E-state index in [-0.39, 0.29) is 10.8 Å². The van der Waals surface area contributed by atoms with Gasteiger partial charge in [0.1, 0.15) is 0 Å². The number of allylic oxidation sites excluding steroid dienone is 2. The highest BCUT2D eigenvalue weighted by molar-refractivity contribution is 6.21. The van der Waals surface area contributed by atoms with Crippen LogP contribution in [0, 0.1) is 17.0 Å². The van der Waals surface area contributed by atoms with E-state index in [2.05, 4.69) is 13.8 Å². The molecule has 1 aliphatic rings. The summed E-state index contributed by atoms with van der Waals surface area (Å²) in [5.41, 5.74) is 1.62. The Morgan fingerprint density at radius 3 is 2.72 bits per heavy atom. The molecule has 1 atom stereocenters. The van der Waals surface area contributed by atoms with Crippen LogP contribution in [0.15, 0.2) is 29.8 Å². The molecular formula is C15H17ClF2. The molecule has 3 heteroatoms. The fourth-order valence-electron chi connectivity index (χ4n) is 2.64. The highest BCUT2D eigenvalue weighted by atomic mass is 35.5. The summed E-state index contributed by atoms with van der Waals surface area (Å²) >= 11 is 6.19. The lowest BCUT2D eigenvalue weighted by atomic mass is 9.76. The van der Waals surface area contributed by atoms with Crippen molar-refractivity contribution in [1.29, 1.82) is 0 Å². The summed E-state index contributed by atoms with van der Waals surface area (Å²) in [5, 5.41) is -0.0135. The van der Waals surface area contributed by atoms with Crippen LogP contribution in [0.2, 0.25) is 0 Å². The molecule has 0 saturated carbocycles. The van der Waals surface area contributed by atoms with Crippen LogP contribution in [0.4, 0.5) is 8.78 Å². The van der Waals surface area contributed by atoms with Crippen LogP contribution in [-0.4, -0.2) is 5.38 Å². The van der Waals surface area contributed by atoms with Crippen molar-refractivity contribution in [2.75, 3.05) is 0 Å². The van der Waals surface area contributed by atoms with Gasteiger partial charge in [0.25, 0.3) is 0 Å². The summed E-state index contributed by atoms with van der Waals surface area (Å²) in [5.74, 6) is -1.53. The molecule has 0 bridgehead atoms. The molecule has 1 aromatic rings. The molecule has 0 radical (unpaired) electrons. The van der Waals surface area contributed by atoms with Gasteiger partial charge in [0, 0.05) is 0 Å². The minimum absolute atomic E-state index is 0.0135. The van der Waals surface area contributed by atoms with Crippen LogP contribution >= 0.6 is 11.6 Å². The molecule has 0 aromatic heterocycles. The molecule has 0 heterocycles. The van der Waals surface area contributed by atoms with Gasteiger partial charge in [-0.3, -0.25) is 0 Å². The zero-order valence-corrected chi connectivity index (χ0v) is 11.4. The molecule has 0 N–H and O–H groups in total. The van der Waals surface area contributed by atoms with Gasteiger partial charge in [-0.2, -0.15) is 0 Å². The second-order valence-electron chi connectivity index (χ2n) is 5.78.